The van der Waals surface area contributed by atoms with E-state index in [0.717, 1.165) is 5.70 Å². The maximum Gasteiger partial charge on any atom is 0.242 e. The molecule has 5 heteroatoms. The molecule has 1 aromatic carbocycles. The lowest BCUT2D eigenvalue weighted by Crippen LogP contribution is -2.49. The number of benzene rings is 1. The molecule has 1 aliphatic heterocycles. The van der Waals surface area contributed by atoms with Crippen molar-refractivity contribution >= 4 is 11.7 Å². The number of amides is 1. The molecule has 1 unspecified atom stereocenters. The van der Waals surface area contributed by atoms with Gasteiger partial charge in [-0.05, 0) is 23.5 Å². The van der Waals surface area contributed by atoms with Gasteiger partial charge in [-0.2, -0.15) is 0 Å². The Labute approximate surface area is 141 Å². The second-order valence-corrected chi connectivity index (χ2v) is 7.63. The number of halogens is 1. The molecule has 0 spiro atoms. The van der Waals surface area contributed by atoms with Crippen LogP contribution in [0.25, 0.3) is 0 Å². The second-order valence-electron chi connectivity index (χ2n) is 7.63. The van der Waals surface area contributed by atoms with Gasteiger partial charge < -0.3 is 0 Å². The first kappa shape index (κ1) is 16.8. The Morgan fingerprint density at radius 1 is 1.17 bits per heavy atom. The molecule has 0 aromatic heterocycles. The Bertz CT molecular complexity index is 737. The van der Waals surface area contributed by atoms with Crippen LogP contribution in [0.2, 0.25) is 0 Å². The summed E-state index contributed by atoms with van der Waals surface area (Å²) in [6.45, 7) is 4.05. The molecule has 4 nitrogen and oxygen atoms in total. The van der Waals surface area contributed by atoms with Gasteiger partial charge in [0.2, 0.25) is 5.91 Å². The highest BCUT2D eigenvalue weighted by atomic mass is 19.1. The van der Waals surface area contributed by atoms with Gasteiger partial charge in [0, 0.05) is 44.1 Å². The van der Waals surface area contributed by atoms with Crippen molar-refractivity contribution in [1.29, 1.82) is 0 Å². The fraction of sp³-hybridized carbons (Fsp3) is 0.474. The summed E-state index contributed by atoms with van der Waals surface area (Å²) in [5, 5.41) is 3.30. The first-order valence-corrected chi connectivity index (χ1v) is 8.22. The lowest BCUT2D eigenvalue weighted by molar-refractivity contribution is -0.143. The van der Waals surface area contributed by atoms with E-state index in [1.54, 1.807) is 42.3 Å². The van der Waals surface area contributed by atoms with E-state index >= 15 is 0 Å². The minimum Gasteiger partial charge on any atom is -0.294 e. The number of carbonyl (C=O) groups is 2. The molecule has 1 aromatic rings. The maximum absolute atomic E-state index is 14.3. The summed E-state index contributed by atoms with van der Waals surface area (Å²) >= 11 is 0. The minimum absolute atomic E-state index is 0.0221. The molecular formula is C19H23FN2O2. The van der Waals surface area contributed by atoms with Crippen molar-refractivity contribution in [2.45, 2.75) is 39.0 Å². The number of hydrazine groups is 1. The standard InChI is InChI=1S/C19H23FN2O2/c1-19(2)10-15-18(16(23)11-19)13(9-17(24)22(15)21(3)4)12-7-5-6-8-14(12)20/h5-8,13H,9-11H2,1-4H3. The third kappa shape index (κ3) is 2.77. The zero-order chi connectivity index (χ0) is 17.6. The van der Waals surface area contributed by atoms with Crippen molar-refractivity contribution in [3.8, 4) is 0 Å². The van der Waals surface area contributed by atoms with E-state index in [1.165, 1.54) is 6.07 Å². The first-order chi connectivity index (χ1) is 11.2. The van der Waals surface area contributed by atoms with Crippen molar-refractivity contribution in [3.05, 3.63) is 46.9 Å². The first-order valence-electron chi connectivity index (χ1n) is 8.22. The van der Waals surface area contributed by atoms with E-state index in [4.69, 9.17) is 0 Å². The third-order valence-electron chi connectivity index (χ3n) is 4.80. The molecule has 2 aliphatic rings. The zero-order valence-electron chi connectivity index (χ0n) is 14.6. The number of nitrogens with zero attached hydrogens (tertiary/aromatic N) is 2. The van der Waals surface area contributed by atoms with Crippen LogP contribution in [0.1, 0.15) is 44.6 Å². The molecule has 1 aliphatic carbocycles. The zero-order valence-corrected chi connectivity index (χ0v) is 14.6. The summed E-state index contributed by atoms with van der Waals surface area (Å²) in [5.74, 6) is -0.932. The van der Waals surface area contributed by atoms with Gasteiger partial charge in [0.15, 0.2) is 5.78 Å². The highest BCUT2D eigenvalue weighted by Crippen LogP contribution is 2.47. The van der Waals surface area contributed by atoms with E-state index in [0.29, 0.717) is 24.0 Å². The fourth-order valence-corrected chi connectivity index (χ4v) is 3.89. The number of Topliss-reactive ketones (excluding diaryl/α,β-unsaturated/α-hetero) is 1. The number of rotatable bonds is 2. The van der Waals surface area contributed by atoms with Gasteiger partial charge in [-0.15, -0.1) is 0 Å². The molecule has 0 radical (unpaired) electrons. The van der Waals surface area contributed by atoms with Crippen LogP contribution in [-0.4, -0.2) is 35.8 Å². The summed E-state index contributed by atoms with van der Waals surface area (Å²) in [7, 11) is 3.58. The van der Waals surface area contributed by atoms with Crippen molar-refractivity contribution in [1.82, 2.24) is 10.0 Å². The van der Waals surface area contributed by atoms with Crippen LogP contribution in [0, 0.1) is 11.2 Å². The lowest BCUT2D eigenvalue weighted by Gasteiger charge is -2.44. The molecule has 0 saturated carbocycles. The van der Waals surface area contributed by atoms with Gasteiger partial charge in [0.05, 0.1) is 0 Å². The molecule has 0 bridgehead atoms. The summed E-state index contributed by atoms with van der Waals surface area (Å²) in [6, 6.07) is 6.43. The Balaban J connectivity index is 2.19. The third-order valence-corrected chi connectivity index (χ3v) is 4.80. The number of allylic oxidation sites excluding steroid dienone is 2. The van der Waals surface area contributed by atoms with Crippen LogP contribution >= 0.6 is 0 Å². The number of carbonyl (C=O) groups excluding carboxylic acids is 2. The molecular weight excluding hydrogens is 307 g/mol. The molecule has 3 rings (SSSR count). The molecule has 1 heterocycles. The summed E-state index contributed by atoms with van der Waals surface area (Å²) in [4.78, 5) is 25.6. The Morgan fingerprint density at radius 2 is 1.83 bits per heavy atom. The quantitative estimate of drug-likeness (QED) is 0.836. The van der Waals surface area contributed by atoms with Gasteiger partial charge in [-0.25, -0.2) is 14.4 Å². The van der Waals surface area contributed by atoms with E-state index in [1.807, 2.05) is 13.8 Å². The van der Waals surface area contributed by atoms with E-state index in [2.05, 4.69) is 0 Å². The SMILES string of the molecule is CN(C)N1C(=O)CC(c2ccccc2F)C2=C1CC(C)(C)CC2=O. The molecule has 24 heavy (non-hydrogen) atoms. The Morgan fingerprint density at radius 3 is 2.46 bits per heavy atom. The minimum atomic E-state index is -0.492. The average Bonchev–Trinajstić information content (AvgIpc) is 2.44. The maximum atomic E-state index is 14.3. The highest BCUT2D eigenvalue weighted by molar-refractivity contribution is 6.01. The predicted molar refractivity (Wildman–Crippen MR) is 89.3 cm³/mol. The normalized spacial score (nSPS) is 23.8. The van der Waals surface area contributed by atoms with Crippen molar-refractivity contribution in [3.63, 3.8) is 0 Å². The monoisotopic (exact) mass is 330 g/mol. The van der Waals surface area contributed by atoms with Gasteiger partial charge in [0.25, 0.3) is 0 Å². The molecule has 0 fully saturated rings. The van der Waals surface area contributed by atoms with Crippen LogP contribution in [0.5, 0.6) is 0 Å². The van der Waals surface area contributed by atoms with Gasteiger partial charge >= 0.3 is 0 Å². The van der Waals surface area contributed by atoms with Crippen molar-refractivity contribution in [2.24, 2.45) is 5.41 Å². The van der Waals surface area contributed by atoms with Crippen LogP contribution in [0.3, 0.4) is 0 Å². The van der Waals surface area contributed by atoms with Crippen molar-refractivity contribution in [2.75, 3.05) is 14.1 Å². The molecule has 0 N–H and O–H groups in total. The topological polar surface area (TPSA) is 40.6 Å². The van der Waals surface area contributed by atoms with E-state index < -0.39 is 5.92 Å². The Hall–Kier alpha value is -2.01. The number of hydrogen-bond donors (Lipinski definition) is 0. The number of ketones is 1. The largest absolute Gasteiger partial charge is 0.294 e. The fourth-order valence-electron chi connectivity index (χ4n) is 3.89. The van der Waals surface area contributed by atoms with Gasteiger partial charge in [0.1, 0.15) is 5.82 Å². The summed E-state index contributed by atoms with van der Waals surface area (Å²) < 4.78 is 14.3. The van der Waals surface area contributed by atoms with Crippen LogP contribution in [0.15, 0.2) is 35.5 Å². The van der Waals surface area contributed by atoms with E-state index in [-0.39, 0.29) is 29.3 Å². The number of hydrogen-bond acceptors (Lipinski definition) is 3. The Kier molecular flexibility index (Phi) is 4.08. The molecule has 1 atom stereocenters. The second kappa shape index (κ2) is 5.81. The summed E-state index contributed by atoms with van der Waals surface area (Å²) in [6.07, 6.45) is 1.17. The molecule has 1 amide bonds. The van der Waals surface area contributed by atoms with Crippen LogP contribution in [0.4, 0.5) is 4.39 Å². The average molecular weight is 330 g/mol. The lowest BCUT2D eigenvalue weighted by atomic mass is 9.69. The van der Waals surface area contributed by atoms with Gasteiger partial charge in [-0.1, -0.05) is 32.0 Å². The predicted octanol–water partition coefficient (Wildman–Crippen LogP) is 3.26. The van der Waals surface area contributed by atoms with E-state index in [9.17, 15) is 14.0 Å². The van der Waals surface area contributed by atoms with Gasteiger partial charge in [-0.3, -0.25) is 9.59 Å². The summed E-state index contributed by atoms with van der Waals surface area (Å²) in [5.41, 5.74) is 1.56. The van der Waals surface area contributed by atoms with Crippen LogP contribution < -0.4 is 0 Å². The van der Waals surface area contributed by atoms with Crippen LogP contribution in [-0.2, 0) is 9.59 Å². The molecule has 0 saturated heterocycles. The highest BCUT2D eigenvalue weighted by Gasteiger charge is 2.45. The smallest absolute Gasteiger partial charge is 0.242 e. The van der Waals surface area contributed by atoms with Crippen molar-refractivity contribution < 1.29 is 14.0 Å². The molecule has 128 valence electrons.